The lowest BCUT2D eigenvalue weighted by Crippen LogP contribution is -2.49. The van der Waals surface area contributed by atoms with Gasteiger partial charge in [0.1, 0.15) is 0 Å². The largest absolute Gasteiger partial charge is 0.378 e. The van der Waals surface area contributed by atoms with Crippen LogP contribution in [0, 0.1) is 5.92 Å². The van der Waals surface area contributed by atoms with Gasteiger partial charge < -0.3 is 15.0 Å². The third-order valence-electron chi connectivity index (χ3n) is 3.06. The molecule has 4 nitrogen and oxygen atoms in total. The zero-order valence-corrected chi connectivity index (χ0v) is 8.66. The van der Waals surface area contributed by atoms with Gasteiger partial charge >= 0.3 is 0 Å². The Bertz CT molecular complexity index is 207. The number of carbonyl (C=O) groups excluding carboxylic acids is 1. The molecule has 2 heterocycles. The van der Waals surface area contributed by atoms with Crippen molar-refractivity contribution in [2.45, 2.75) is 12.5 Å². The zero-order chi connectivity index (χ0) is 9.97. The van der Waals surface area contributed by atoms with Crippen molar-refractivity contribution in [3.8, 4) is 0 Å². The van der Waals surface area contributed by atoms with Crippen LogP contribution in [0.3, 0.4) is 0 Å². The van der Waals surface area contributed by atoms with Gasteiger partial charge in [0.05, 0.1) is 19.3 Å². The highest BCUT2D eigenvalue weighted by Crippen LogP contribution is 2.17. The quantitative estimate of drug-likeness (QED) is 0.649. The topological polar surface area (TPSA) is 41.6 Å². The fraction of sp³-hybridized carbons (Fsp3) is 0.900. The zero-order valence-electron chi connectivity index (χ0n) is 8.66. The van der Waals surface area contributed by atoms with Crippen molar-refractivity contribution >= 4 is 5.78 Å². The van der Waals surface area contributed by atoms with E-state index in [2.05, 4.69) is 17.3 Å². The van der Waals surface area contributed by atoms with E-state index >= 15 is 0 Å². The van der Waals surface area contributed by atoms with Crippen molar-refractivity contribution in [1.29, 1.82) is 0 Å². The summed E-state index contributed by atoms with van der Waals surface area (Å²) < 4.78 is 5.29. The summed E-state index contributed by atoms with van der Waals surface area (Å²) in [6.45, 7) is 4.05. The molecule has 0 amide bonds. The van der Waals surface area contributed by atoms with Crippen LogP contribution < -0.4 is 5.32 Å². The molecule has 2 aliphatic heterocycles. The molecule has 80 valence electrons. The Labute approximate surface area is 84.6 Å². The first-order chi connectivity index (χ1) is 6.77. The van der Waals surface area contributed by atoms with Gasteiger partial charge in [-0.1, -0.05) is 0 Å². The summed E-state index contributed by atoms with van der Waals surface area (Å²) in [6.07, 6.45) is 1.01. The number of hydrogen-bond donors (Lipinski definition) is 1. The van der Waals surface area contributed by atoms with E-state index in [0.29, 0.717) is 12.4 Å². The fourth-order valence-electron chi connectivity index (χ4n) is 2.20. The number of Topliss-reactive ketones (excluding diaryl/α,β-unsaturated/α-hetero) is 1. The fourth-order valence-corrected chi connectivity index (χ4v) is 2.20. The summed E-state index contributed by atoms with van der Waals surface area (Å²) in [4.78, 5) is 14.2. The average molecular weight is 198 g/mol. The highest BCUT2D eigenvalue weighted by atomic mass is 16.5. The van der Waals surface area contributed by atoms with Crippen molar-refractivity contribution in [3.05, 3.63) is 0 Å². The molecule has 0 radical (unpaired) electrons. The normalized spacial score (nSPS) is 34.6. The van der Waals surface area contributed by atoms with E-state index in [0.717, 1.165) is 32.7 Å². The molecule has 2 aliphatic rings. The summed E-state index contributed by atoms with van der Waals surface area (Å²) in [5.41, 5.74) is 0. The molecule has 0 aromatic heterocycles. The summed E-state index contributed by atoms with van der Waals surface area (Å²) in [7, 11) is 2.07. The number of carbonyl (C=O) groups is 1. The molecule has 2 rings (SSSR count). The van der Waals surface area contributed by atoms with Crippen LogP contribution in [0.4, 0.5) is 0 Å². The minimum atomic E-state index is -0.0553. The van der Waals surface area contributed by atoms with Crippen LogP contribution in [0.25, 0.3) is 0 Å². The molecule has 2 atom stereocenters. The molecule has 0 aromatic carbocycles. The van der Waals surface area contributed by atoms with Crippen LogP contribution in [0.5, 0.6) is 0 Å². The molecule has 2 unspecified atom stereocenters. The van der Waals surface area contributed by atoms with Crippen LogP contribution >= 0.6 is 0 Å². The molecule has 2 saturated heterocycles. The second-order valence-corrected chi connectivity index (χ2v) is 4.23. The smallest absolute Gasteiger partial charge is 0.156 e. The lowest BCUT2D eigenvalue weighted by Gasteiger charge is -2.24. The molecule has 0 bridgehead atoms. The maximum Gasteiger partial charge on any atom is 0.156 e. The average Bonchev–Trinajstić information content (AvgIpc) is 2.65. The molecular formula is C10H18N2O2. The number of nitrogens with one attached hydrogen (secondary N) is 1. The predicted octanol–water partition coefficient (Wildman–Crippen LogP) is -0.504. The monoisotopic (exact) mass is 198 g/mol. The SMILES string of the molecule is CN1CCC(C(=O)C2COCCN2)C1. The van der Waals surface area contributed by atoms with Crippen molar-refractivity contribution < 1.29 is 9.53 Å². The third-order valence-corrected chi connectivity index (χ3v) is 3.06. The third kappa shape index (κ3) is 2.13. The lowest BCUT2D eigenvalue weighted by molar-refractivity contribution is -0.127. The van der Waals surface area contributed by atoms with E-state index in [1.165, 1.54) is 0 Å². The molecule has 0 aliphatic carbocycles. The van der Waals surface area contributed by atoms with Gasteiger partial charge in [0.2, 0.25) is 0 Å². The Morgan fingerprint density at radius 2 is 2.43 bits per heavy atom. The minimum absolute atomic E-state index is 0.0553. The maximum absolute atomic E-state index is 12.0. The molecular weight excluding hydrogens is 180 g/mol. The van der Waals surface area contributed by atoms with Crippen LogP contribution in [0.15, 0.2) is 0 Å². The van der Waals surface area contributed by atoms with E-state index in [4.69, 9.17) is 4.74 Å². The van der Waals surface area contributed by atoms with Crippen molar-refractivity contribution in [3.63, 3.8) is 0 Å². The molecule has 2 fully saturated rings. The molecule has 0 saturated carbocycles. The number of nitrogens with zero attached hydrogens (tertiary/aromatic N) is 1. The van der Waals surface area contributed by atoms with Gasteiger partial charge in [0.15, 0.2) is 5.78 Å². The number of hydrogen-bond acceptors (Lipinski definition) is 4. The van der Waals surface area contributed by atoms with Crippen LogP contribution in [-0.4, -0.2) is 56.6 Å². The maximum atomic E-state index is 12.0. The van der Waals surface area contributed by atoms with Gasteiger partial charge in [-0.25, -0.2) is 0 Å². The Kier molecular flexibility index (Phi) is 3.15. The van der Waals surface area contributed by atoms with Gasteiger partial charge in [-0.3, -0.25) is 4.79 Å². The van der Waals surface area contributed by atoms with Crippen molar-refractivity contribution in [2.24, 2.45) is 5.92 Å². The highest BCUT2D eigenvalue weighted by molar-refractivity contribution is 5.87. The number of morpholine rings is 1. The second kappa shape index (κ2) is 4.38. The van der Waals surface area contributed by atoms with Crippen LogP contribution in [0.2, 0.25) is 0 Å². The molecule has 0 spiro atoms. The van der Waals surface area contributed by atoms with Gasteiger partial charge in [-0.15, -0.1) is 0 Å². The Balaban J connectivity index is 1.87. The number of rotatable bonds is 2. The van der Waals surface area contributed by atoms with Crippen molar-refractivity contribution in [2.75, 3.05) is 39.9 Å². The second-order valence-electron chi connectivity index (χ2n) is 4.23. The van der Waals surface area contributed by atoms with Gasteiger partial charge in [0.25, 0.3) is 0 Å². The van der Waals surface area contributed by atoms with E-state index < -0.39 is 0 Å². The first-order valence-electron chi connectivity index (χ1n) is 5.31. The highest BCUT2D eigenvalue weighted by Gasteiger charge is 2.32. The van der Waals surface area contributed by atoms with E-state index in [1.807, 2.05) is 0 Å². The van der Waals surface area contributed by atoms with Crippen LogP contribution in [0.1, 0.15) is 6.42 Å². The molecule has 14 heavy (non-hydrogen) atoms. The van der Waals surface area contributed by atoms with Gasteiger partial charge in [-0.2, -0.15) is 0 Å². The first kappa shape index (κ1) is 10.1. The van der Waals surface area contributed by atoms with Crippen molar-refractivity contribution in [1.82, 2.24) is 10.2 Å². The summed E-state index contributed by atoms with van der Waals surface area (Å²) >= 11 is 0. The Morgan fingerprint density at radius 3 is 3.00 bits per heavy atom. The molecule has 4 heteroatoms. The number of ketones is 1. The first-order valence-corrected chi connectivity index (χ1v) is 5.31. The van der Waals surface area contributed by atoms with E-state index in [1.54, 1.807) is 0 Å². The predicted molar refractivity (Wildman–Crippen MR) is 53.2 cm³/mol. The van der Waals surface area contributed by atoms with Gasteiger partial charge in [0, 0.05) is 19.0 Å². The lowest BCUT2D eigenvalue weighted by atomic mass is 9.97. The number of likely N-dealkylation sites (tertiary alicyclic amines) is 1. The molecule has 1 N–H and O–H groups in total. The van der Waals surface area contributed by atoms with E-state index in [-0.39, 0.29) is 12.0 Å². The summed E-state index contributed by atoms with van der Waals surface area (Å²) in [6, 6.07) is -0.0553. The minimum Gasteiger partial charge on any atom is -0.378 e. The molecule has 0 aromatic rings. The standard InChI is InChI=1S/C10H18N2O2/c1-12-4-2-8(6-12)10(13)9-7-14-5-3-11-9/h8-9,11H,2-7H2,1H3. The van der Waals surface area contributed by atoms with Gasteiger partial charge in [-0.05, 0) is 20.0 Å². The Morgan fingerprint density at radius 1 is 1.57 bits per heavy atom. The van der Waals surface area contributed by atoms with Crippen LogP contribution in [-0.2, 0) is 9.53 Å². The van der Waals surface area contributed by atoms with E-state index in [9.17, 15) is 4.79 Å². The Hall–Kier alpha value is -0.450. The summed E-state index contributed by atoms with van der Waals surface area (Å²) in [5.74, 6) is 0.563. The summed E-state index contributed by atoms with van der Waals surface area (Å²) in [5, 5.41) is 3.22. The number of ether oxygens (including phenoxy) is 1.